The highest BCUT2D eigenvalue weighted by molar-refractivity contribution is 5.93. The number of rotatable bonds is 11. The number of imidazole rings is 1. The van der Waals surface area contributed by atoms with E-state index in [9.17, 15) is 9.18 Å². The number of piperazine rings is 1. The molecule has 3 atom stereocenters. The number of benzene rings is 2. The molecule has 0 saturated carbocycles. The van der Waals surface area contributed by atoms with Crippen molar-refractivity contribution in [3.05, 3.63) is 82.9 Å². The quantitative estimate of drug-likeness (QED) is 0.220. The molecule has 2 aromatic heterocycles. The molecule has 0 aliphatic carbocycles. The van der Waals surface area contributed by atoms with E-state index in [1.54, 1.807) is 31.4 Å². The summed E-state index contributed by atoms with van der Waals surface area (Å²) in [4.78, 5) is 26.7. The van der Waals surface area contributed by atoms with E-state index in [2.05, 4.69) is 21.3 Å². The lowest BCUT2D eigenvalue weighted by Gasteiger charge is -2.44. The Labute approximate surface area is 267 Å². The van der Waals surface area contributed by atoms with Gasteiger partial charge in [-0.1, -0.05) is 12.1 Å². The van der Waals surface area contributed by atoms with Crippen molar-refractivity contribution in [2.75, 3.05) is 52.0 Å². The molecule has 0 N–H and O–H groups in total. The Kier molecular flexibility index (Phi) is 9.44. The van der Waals surface area contributed by atoms with E-state index in [1.807, 2.05) is 30.3 Å². The number of aromatic nitrogens is 3. The largest absolute Gasteiger partial charge is 0.473 e. The molecule has 2 aromatic carbocycles. The standard InChI is InChI=1S/C34H37FN6O5/c1-22(33-37-29-10-9-24(34(42)44-3)16-30(29)41(33)19-27-11-14-45-27)40-13-12-39(18-26(40)21-43-2)31-5-4-6-32(38-31)46-20-25-8-7-23(17-36)15-28(25)35/h4-10,15-16,22,26-27H,11-14,18-21H2,1-3H3/t22?,26-,27+/m1/s1. The molecule has 2 aliphatic heterocycles. The molecule has 11 nitrogen and oxygen atoms in total. The lowest BCUT2D eigenvalue weighted by Crippen LogP contribution is -2.56. The molecule has 0 amide bonds. The van der Waals surface area contributed by atoms with E-state index in [0.29, 0.717) is 43.2 Å². The molecule has 2 saturated heterocycles. The number of pyridine rings is 1. The van der Waals surface area contributed by atoms with Gasteiger partial charge in [-0.15, -0.1) is 0 Å². The number of halogens is 1. The van der Waals surface area contributed by atoms with Gasteiger partial charge in [0.2, 0.25) is 5.88 Å². The SMILES string of the molecule is COC[C@H]1CN(c2cccc(OCc3ccc(C#N)cc3F)n2)CCN1C(C)c1nc2ccc(C(=O)OC)cc2n1C[C@@H]1CCO1. The van der Waals surface area contributed by atoms with Gasteiger partial charge < -0.3 is 28.4 Å². The minimum atomic E-state index is -0.486. The van der Waals surface area contributed by atoms with Crippen LogP contribution < -0.4 is 9.64 Å². The average molecular weight is 629 g/mol. The van der Waals surface area contributed by atoms with Crippen LogP contribution in [0.4, 0.5) is 10.2 Å². The van der Waals surface area contributed by atoms with E-state index in [1.165, 1.54) is 13.2 Å². The maximum atomic E-state index is 14.4. The third-order valence-corrected chi connectivity index (χ3v) is 8.73. The number of anilines is 1. The Hall–Kier alpha value is -4.57. The van der Waals surface area contributed by atoms with Crippen molar-refractivity contribution in [2.24, 2.45) is 0 Å². The highest BCUT2D eigenvalue weighted by Gasteiger charge is 2.34. The van der Waals surface area contributed by atoms with Gasteiger partial charge in [-0.25, -0.2) is 14.2 Å². The monoisotopic (exact) mass is 628 g/mol. The molecule has 46 heavy (non-hydrogen) atoms. The first-order chi connectivity index (χ1) is 22.4. The molecule has 240 valence electrons. The summed E-state index contributed by atoms with van der Waals surface area (Å²) in [7, 11) is 3.08. The molecular formula is C34H37FN6O5. The lowest BCUT2D eigenvalue weighted by atomic mass is 10.1. The Bertz CT molecular complexity index is 1750. The first kappa shape index (κ1) is 31.4. The minimum Gasteiger partial charge on any atom is -0.473 e. The summed E-state index contributed by atoms with van der Waals surface area (Å²) in [6.07, 6.45) is 1.08. The van der Waals surface area contributed by atoms with E-state index >= 15 is 0 Å². The third kappa shape index (κ3) is 6.53. The summed E-state index contributed by atoms with van der Waals surface area (Å²) >= 11 is 0. The number of carbonyl (C=O) groups is 1. The zero-order valence-corrected chi connectivity index (χ0v) is 26.2. The van der Waals surface area contributed by atoms with Crippen LogP contribution in [0.3, 0.4) is 0 Å². The number of hydrogen-bond acceptors (Lipinski definition) is 10. The summed E-state index contributed by atoms with van der Waals surface area (Å²) in [6, 6.07) is 17.3. The van der Waals surface area contributed by atoms with Crippen molar-refractivity contribution in [2.45, 2.75) is 44.7 Å². The van der Waals surface area contributed by atoms with Crippen molar-refractivity contribution in [1.82, 2.24) is 19.4 Å². The Morgan fingerprint density at radius 3 is 2.72 bits per heavy atom. The first-order valence-electron chi connectivity index (χ1n) is 15.4. The number of hydrogen-bond donors (Lipinski definition) is 0. The molecule has 2 aliphatic rings. The van der Waals surface area contributed by atoms with Crippen LogP contribution in [-0.4, -0.2) is 84.6 Å². The Morgan fingerprint density at radius 2 is 2.00 bits per heavy atom. The number of carbonyl (C=O) groups excluding carboxylic acids is 1. The van der Waals surface area contributed by atoms with Crippen LogP contribution in [0.25, 0.3) is 11.0 Å². The van der Waals surface area contributed by atoms with Gasteiger partial charge in [-0.3, -0.25) is 4.90 Å². The molecule has 1 unspecified atom stereocenters. The number of esters is 1. The smallest absolute Gasteiger partial charge is 0.337 e. The first-order valence-corrected chi connectivity index (χ1v) is 15.4. The Balaban J connectivity index is 1.20. The maximum Gasteiger partial charge on any atom is 0.337 e. The van der Waals surface area contributed by atoms with Gasteiger partial charge in [0.15, 0.2) is 0 Å². The van der Waals surface area contributed by atoms with Crippen LogP contribution in [0.1, 0.15) is 46.7 Å². The van der Waals surface area contributed by atoms with Gasteiger partial charge in [0.1, 0.15) is 24.1 Å². The number of nitrogens with zero attached hydrogens (tertiary/aromatic N) is 6. The van der Waals surface area contributed by atoms with Crippen molar-refractivity contribution in [1.29, 1.82) is 5.26 Å². The van der Waals surface area contributed by atoms with E-state index < -0.39 is 5.82 Å². The second-order valence-corrected chi connectivity index (χ2v) is 11.6. The highest BCUT2D eigenvalue weighted by atomic mass is 19.1. The molecule has 0 spiro atoms. The van der Waals surface area contributed by atoms with Crippen molar-refractivity contribution in [3.63, 3.8) is 0 Å². The molecule has 0 bridgehead atoms. The lowest BCUT2D eigenvalue weighted by molar-refractivity contribution is -0.0596. The highest BCUT2D eigenvalue weighted by Crippen LogP contribution is 2.31. The van der Waals surface area contributed by atoms with Gasteiger partial charge in [-0.2, -0.15) is 10.2 Å². The summed E-state index contributed by atoms with van der Waals surface area (Å²) in [5, 5.41) is 8.99. The molecule has 4 aromatic rings. The minimum absolute atomic E-state index is 0.000389. The van der Waals surface area contributed by atoms with Crippen LogP contribution in [0.15, 0.2) is 54.6 Å². The molecule has 2 fully saturated rings. The normalized spacial score (nSPS) is 19.0. The van der Waals surface area contributed by atoms with E-state index in [-0.39, 0.29) is 36.3 Å². The van der Waals surface area contributed by atoms with E-state index in [4.69, 9.17) is 34.2 Å². The van der Waals surface area contributed by atoms with Crippen molar-refractivity contribution >= 4 is 22.8 Å². The van der Waals surface area contributed by atoms with Gasteiger partial charge in [0.05, 0.1) is 66.7 Å². The molecular weight excluding hydrogens is 591 g/mol. The molecule has 4 heterocycles. The fraction of sp³-hybridized carbons (Fsp3) is 0.412. The number of methoxy groups -OCH3 is 2. The fourth-order valence-electron chi connectivity index (χ4n) is 6.15. The van der Waals surface area contributed by atoms with Crippen LogP contribution in [0, 0.1) is 17.1 Å². The van der Waals surface area contributed by atoms with Gasteiger partial charge in [0.25, 0.3) is 0 Å². The number of fused-ring (bicyclic) bond motifs is 1. The summed E-state index contributed by atoms with van der Waals surface area (Å²) in [5.41, 5.74) is 2.79. The topological polar surface area (TPSA) is 115 Å². The zero-order valence-electron chi connectivity index (χ0n) is 26.2. The van der Waals surface area contributed by atoms with Crippen LogP contribution >= 0.6 is 0 Å². The van der Waals surface area contributed by atoms with E-state index in [0.717, 1.165) is 42.2 Å². The summed E-state index contributed by atoms with van der Waals surface area (Å²) < 4.78 is 38.9. The van der Waals surface area contributed by atoms with Gasteiger partial charge in [-0.05, 0) is 49.7 Å². The van der Waals surface area contributed by atoms with Gasteiger partial charge in [0, 0.05) is 45.0 Å². The van der Waals surface area contributed by atoms with Crippen molar-refractivity contribution in [3.8, 4) is 11.9 Å². The predicted molar refractivity (Wildman–Crippen MR) is 168 cm³/mol. The molecule has 12 heteroatoms. The average Bonchev–Trinajstić information content (AvgIpc) is 3.42. The van der Waals surface area contributed by atoms with Crippen LogP contribution in [0.2, 0.25) is 0 Å². The zero-order chi connectivity index (χ0) is 32.2. The predicted octanol–water partition coefficient (Wildman–Crippen LogP) is 4.49. The number of nitriles is 1. The molecule has 6 rings (SSSR count). The second-order valence-electron chi connectivity index (χ2n) is 11.6. The third-order valence-electron chi connectivity index (χ3n) is 8.73. The number of ether oxygens (including phenoxy) is 4. The van der Waals surface area contributed by atoms with Crippen molar-refractivity contribution < 1.29 is 28.1 Å². The van der Waals surface area contributed by atoms with Gasteiger partial charge >= 0.3 is 5.97 Å². The maximum absolute atomic E-state index is 14.4. The second kappa shape index (κ2) is 13.8. The summed E-state index contributed by atoms with van der Waals surface area (Å²) in [5.74, 6) is 1.19. The van der Waals surface area contributed by atoms with Crippen LogP contribution in [-0.2, 0) is 27.4 Å². The van der Waals surface area contributed by atoms with Crippen LogP contribution in [0.5, 0.6) is 5.88 Å². The molecule has 0 radical (unpaired) electrons. The summed E-state index contributed by atoms with van der Waals surface area (Å²) in [6.45, 7) is 6.18. The Morgan fingerprint density at radius 1 is 1.15 bits per heavy atom. The fourth-order valence-corrected chi connectivity index (χ4v) is 6.15.